The van der Waals surface area contributed by atoms with Crippen molar-refractivity contribution in [3.8, 4) is 16.6 Å². The zero-order chi connectivity index (χ0) is 50.0. The third kappa shape index (κ3) is 14.4. The summed E-state index contributed by atoms with van der Waals surface area (Å²) in [5.41, 5.74) is 0.964. The van der Waals surface area contributed by atoms with Crippen LogP contribution < -0.4 is 20.3 Å². The van der Waals surface area contributed by atoms with Gasteiger partial charge in [0.15, 0.2) is 0 Å². The molecular formula is C49H75N11O7S. The molecule has 0 bridgehead atoms. The summed E-state index contributed by atoms with van der Waals surface area (Å²) < 4.78 is 7.27. The summed E-state index contributed by atoms with van der Waals surface area (Å²) in [6, 6.07) is 14.3. The van der Waals surface area contributed by atoms with Gasteiger partial charge in [-0.05, 0) is 72.0 Å². The molecule has 3 unspecified atom stereocenters. The molecule has 0 aliphatic carbocycles. The van der Waals surface area contributed by atoms with E-state index < -0.39 is 52.7 Å². The largest absolute Gasteiger partial charge is 0.465 e. The fourth-order valence-electron chi connectivity index (χ4n) is 8.77. The van der Waals surface area contributed by atoms with Crippen LogP contribution in [0.2, 0.25) is 0 Å². The Morgan fingerprint density at radius 3 is 1.93 bits per heavy atom. The number of nitrogens with zero attached hydrogens (tertiary/aromatic N) is 9. The highest BCUT2D eigenvalue weighted by molar-refractivity contribution is 7.21. The maximum absolute atomic E-state index is 13.4. The van der Waals surface area contributed by atoms with Crippen molar-refractivity contribution in [1.29, 1.82) is 0 Å². The Balaban J connectivity index is 1.29. The first-order valence-corrected chi connectivity index (χ1v) is 24.5. The number of likely N-dealkylation sites (N-methyl/N-ethyl adjacent to an activating group) is 1. The van der Waals surface area contributed by atoms with Gasteiger partial charge in [-0.3, -0.25) is 9.80 Å². The SMILES string of the molecule is CCCCNc1nc(NCCCN2CCN(C(=O)O)CC(C(C)(C)C)N(C(=O)O)C(C(C)(C)C)C(C(C)(C)C)N(C(=O)O)CC2)nc(OCCN(C)c2ccc(-c3nc4ccccc4s3)cc2)n1. The van der Waals surface area contributed by atoms with Crippen LogP contribution >= 0.6 is 11.3 Å². The molecule has 0 radical (unpaired) electrons. The average Bonchev–Trinajstić information content (AvgIpc) is 3.69. The Labute approximate surface area is 406 Å². The highest BCUT2D eigenvalue weighted by Crippen LogP contribution is 2.42. The lowest BCUT2D eigenvalue weighted by atomic mass is 9.69. The molecular weight excluding hydrogens is 887 g/mol. The Bertz CT molecular complexity index is 2240. The third-order valence-corrected chi connectivity index (χ3v) is 13.5. The van der Waals surface area contributed by atoms with Gasteiger partial charge in [-0.2, -0.15) is 15.0 Å². The molecule has 19 heteroatoms. The van der Waals surface area contributed by atoms with E-state index in [0.29, 0.717) is 64.2 Å². The van der Waals surface area contributed by atoms with Crippen molar-refractivity contribution in [2.45, 2.75) is 107 Å². The number of rotatable bonds is 15. The number of para-hydroxylation sites is 1. The summed E-state index contributed by atoms with van der Waals surface area (Å²) in [4.78, 5) is 66.4. The number of aromatic nitrogens is 4. The van der Waals surface area contributed by atoms with Gasteiger partial charge in [0.2, 0.25) is 11.9 Å². The highest BCUT2D eigenvalue weighted by atomic mass is 32.1. The summed E-state index contributed by atoms with van der Waals surface area (Å²) in [6.45, 7) is 22.6. The number of anilines is 3. The molecule has 1 saturated heterocycles. The lowest BCUT2D eigenvalue weighted by Gasteiger charge is -2.55. The number of thiazole rings is 1. The summed E-state index contributed by atoms with van der Waals surface area (Å²) in [6.07, 6.45) is -0.975. The molecule has 0 spiro atoms. The number of hydrogen-bond donors (Lipinski definition) is 5. The topological polar surface area (TPSA) is 213 Å². The molecule has 5 N–H and O–H groups in total. The highest BCUT2D eigenvalue weighted by Gasteiger charge is 2.52. The zero-order valence-electron chi connectivity index (χ0n) is 42.0. The van der Waals surface area contributed by atoms with E-state index in [0.717, 1.165) is 39.3 Å². The summed E-state index contributed by atoms with van der Waals surface area (Å²) in [5, 5.41) is 39.9. The van der Waals surface area contributed by atoms with E-state index in [1.807, 2.05) is 87.6 Å². The standard InChI is InChI=1S/C49H75N11O7S/c1-12-13-23-50-41-53-42(55-43(54-41)67-31-30-56(11)34-21-19-33(20-22-34)40-52-35-17-14-15-18-36(35)68-40)51-24-16-25-57-26-28-58(44(61)62)32-37(47(2,3)4)60(46(65)66)39(49(8,9)10)38(48(5,6)7)59(29-27-57)45(63)64/h14-15,17-22,37-39H,12-13,16,23-32H2,1-11H3,(H,61,62)(H,63,64)(H,65,66)(H2,50,51,53,54,55). The molecule has 2 aromatic carbocycles. The lowest BCUT2D eigenvalue weighted by molar-refractivity contribution is -0.0589. The van der Waals surface area contributed by atoms with Crippen LogP contribution in [0, 0.1) is 16.2 Å². The normalized spacial score (nSPS) is 18.2. The minimum Gasteiger partial charge on any atom is -0.465 e. The lowest BCUT2D eigenvalue weighted by Crippen LogP contribution is -2.69. The van der Waals surface area contributed by atoms with Crippen LogP contribution in [0.5, 0.6) is 6.01 Å². The summed E-state index contributed by atoms with van der Waals surface area (Å²) in [5.74, 6) is 0.736. The van der Waals surface area contributed by atoms with E-state index in [1.165, 1.54) is 14.7 Å². The van der Waals surface area contributed by atoms with E-state index >= 15 is 0 Å². The number of hydrogen-bond acceptors (Lipinski definition) is 13. The zero-order valence-corrected chi connectivity index (χ0v) is 42.8. The van der Waals surface area contributed by atoms with Crippen LogP contribution in [0.4, 0.5) is 32.0 Å². The number of nitrogens with one attached hydrogen (secondary N) is 2. The maximum Gasteiger partial charge on any atom is 0.407 e. The minimum absolute atomic E-state index is 0.0787. The quantitative estimate of drug-likeness (QED) is 0.0703. The second kappa shape index (κ2) is 23.1. The molecule has 18 nitrogen and oxygen atoms in total. The summed E-state index contributed by atoms with van der Waals surface area (Å²) >= 11 is 1.68. The van der Waals surface area contributed by atoms with Crippen LogP contribution in [-0.4, -0.2) is 164 Å². The Hall–Kier alpha value is -5.69. The van der Waals surface area contributed by atoms with E-state index in [9.17, 15) is 29.7 Å². The number of fused-ring (bicyclic) bond motifs is 1. The van der Waals surface area contributed by atoms with E-state index in [-0.39, 0.29) is 25.6 Å². The van der Waals surface area contributed by atoms with Gasteiger partial charge >= 0.3 is 24.3 Å². The third-order valence-electron chi connectivity index (χ3n) is 12.4. The van der Waals surface area contributed by atoms with E-state index in [4.69, 9.17) is 9.72 Å². The molecule has 3 heterocycles. The monoisotopic (exact) mass is 962 g/mol. The van der Waals surface area contributed by atoms with Gasteiger partial charge in [0.25, 0.3) is 0 Å². The van der Waals surface area contributed by atoms with Crippen LogP contribution in [0.25, 0.3) is 20.8 Å². The Morgan fingerprint density at radius 2 is 1.37 bits per heavy atom. The molecule has 374 valence electrons. The van der Waals surface area contributed by atoms with Crippen molar-refractivity contribution >= 4 is 57.4 Å². The van der Waals surface area contributed by atoms with Crippen molar-refractivity contribution in [1.82, 2.24) is 39.5 Å². The smallest absolute Gasteiger partial charge is 0.407 e. The van der Waals surface area contributed by atoms with Gasteiger partial charge in [0, 0.05) is 64.1 Å². The summed E-state index contributed by atoms with van der Waals surface area (Å²) in [7, 11) is 2.01. The van der Waals surface area contributed by atoms with Gasteiger partial charge in [-0.15, -0.1) is 11.3 Å². The van der Waals surface area contributed by atoms with Crippen molar-refractivity contribution in [3.05, 3.63) is 48.5 Å². The fraction of sp³-hybridized carbons (Fsp3) is 0.612. The maximum atomic E-state index is 13.4. The van der Waals surface area contributed by atoms with Crippen molar-refractivity contribution in [2.24, 2.45) is 16.2 Å². The Kier molecular flexibility index (Phi) is 18.1. The van der Waals surface area contributed by atoms with E-state index in [1.54, 1.807) is 11.3 Å². The number of ether oxygens (including phenoxy) is 1. The van der Waals surface area contributed by atoms with Crippen LogP contribution in [0.15, 0.2) is 48.5 Å². The van der Waals surface area contributed by atoms with Crippen LogP contribution in [0.1, 0.15) is 88.5 Å². The molecule has 1 aliphatic heterocycles. The van der Waals surface area contributed by atoms with Gasteiger partial charge in [-0.25, -0.2) is 19.4 Å². The van der Waals surface area contributed by atoms with Crippen molar-refractivity contribution in [3.63, 3.8) is 0 Å². The molecule has 3 atom stereocenters. The van der Waals surface area contributed by atoms with Crippen LogP contribution in [0.3, 0.4) is 0 Å². The average molecular weight is 962 g/mol. The Morgan fingerprint density at radius 1 is 0.750 bits per heavy atom. The molecule has 1 fully saturated rings. The number of amides is 3. The van der Waals surface area contributed by atoms with Crippen LogP contribution in [-0.2, 0) is 0 Å². The molecule has 1 aliphatic rings. The van der Waals surface area contributed by atoms with Gasteiger partial charge < -0.3 is 45.4 Å². The predicted molar refractivity (Wildman–Crippen MR) is 271 cm³/mol. The number of unbranched alkanes of at least 4 members (excludes halogenated alkanes) is 1. The molecule has 0 saturated carbocycles. The molecule has 3 amide bonds. The van der Waals surface area contributed by atoms with Crippen molar-refractivity contribution in [2.75, 3.05) is 88.1 Å². The first-order valence-electron chi connectivity index (χ1n) is 23.7. The van der Waals surface area contributed by atoms with Gasteiger partial charge in [-0.1, -0.05) is 87.8 Å². The number of carbonyl (C=O) groups is 3. The fourth-order valence-corrected chi connectivity index (χ4v) is 9.74. The number of carboxylic acid groups (broad SMARTS) is 3. The second-order valence-corrected chi connectivity index (χ2v) is 21.9. The first kappa shape index (κ1) is 53.3. The van der Waals surface area contributed by atoms with Gasteiger partial charge in [0.05, 0.1) is 34.9 Å². The molecule has 2 aromatic heterocycles. The first-order chi connectivity index (χ1) is 32.0. The van der Waals surface area contributed by atoms with E-state index in [2.05, 4.69) is 72.6 Å². The number of benzene rings is 2. The molecule has 5 rings (SSSR count). The van der Waals surface area contributed by atoms with Gasteiger partial charge in [0.1, 0.15) is 11.6 Å². The van der Waals surface area contributed by atoms with Crippen molar-refractivity contribution < 1.29 is 34.4 Å². The molecule has 68 heavy (non-hydrogen) atoms. The molecule has 4 aromatic rings. The predicted octanol–water partition coefficient (Wildman–Crippen LogP) is 9.18. The minimum atomic E-state index is -1.21. The second-order valence-electron chi connectivity index (χ2n) is 20.9.